The molecule has 0 radical (unpaired) electrons. The molecule has 1 aromatic heterocycles. The summed E-state index contributed by atoms with van der Waals surface area (Å²) in [5, 5.41) is 16.2. The van der Waals surface area contributed by atoms with Crippen molar-refractivity contribution in [1.82, 2.24) is 14.9 Å². The fourth-order valence-electron chi connectivity index (χ4n) is 3.25. The van der Waals surface area contributed by atoms with Crippen LogP contribution in [-0.2, 0) is 12.7 Å². The van der Waals surface area contributed by atoms with Crippen LogP contribution in [0.3, 0.4) is 0 Å². The number of nitro groups is 1. The molecule has 9 nitrogen and oxygen atoms in total. The topological polar surface area (TPSA) is 111 Å². The van der Waals surface area contributed by atoms with Gasteiger partial charge in [0.1, 0.15) is 12.8 Å². The van der Waals surface area contributed by atoms with Crippen molar-refractivity contribution in [3.63, 3.8) is 0 Å². The number of anilines is 1. The van der Waals surface area contributed by atoms with Gasteiger partial charge in [0.2, 0.25) is 0 Å². The summed E-state index contributed by atoms with van der Waals surface area (Å²) in [7, 11) is 0. The lowest BCUT2D eigenvalue weighted by molar-refractivity contribution is -0.389. The number of aromatic nitrogens is 2. The second-order valence-electron chi connectivity index (χ2n) is 7.05. The van der Waals surface area contributed by atoms with Crippen molar-refractivity contribution in [2.75, 3.05) is 11.9 Å². The lowest BCUT2D eigenvalue weighted by Gasteiger charge is -2.23. The van der Waals surface area contributed by atoms with Gasteiger partial charge in [-0.15, -0.1) is 0 Å². The monoisotopic (exact) mass is 447 g/mol. The second-order valence-corrected chi connectivity index (χ2v) is 7.05. The van der Waals surface area contributed by atoms with Crippen LogP contribution < -0.4 is 15.4 Å². The van der Waals surface area contributed by atoms with E-state index >= 15 is 0 Å². The summed E-state index contributed by atoms with van der Waals surface area (Å²) in [6.45, 7) is 0.336. The molecular formula is C20H16F3N5O4. The van der Waals surface area contributed by atoms with Gasteiger partial charge in [0.15, 0.2) is 0 Å². The zero-order valence-electron chi connectivity index (χ0n) is 16.3. The Morgan fingerprint density at radius 3 is 2.62 bits per heavy atom. The highest BCUT2D eigenvalue weighted by atomic mass is 19.4. The third-order valence-electron chi connectivity index (χ3n) is 4.75. The number of hydrogen-bond acceptors (Lipinski definition) is 5. The van der Waals surface area contributed by atoms with Gasteiger partial charge in [-0.25, -0.2) is 4.79 Å². The van der Waals surface area contributed by atoms with E-state index in [1.807, 2.05) is 0 Å². The minimum Gasteiger partial charge on any atom is -0.444 e. The van der Waals surface area contributed by atoms with Crippen LogP contribution in [0, 0.1) is 10.1 Å². The van der Waals surface area contributed by atoms with Gasteiger partial charge in [0.05, 0.1) is 18.2 Å². The zero-order valence-corrected chi connectivity index (χ0v) is 16.3. The zero-order chi connectivity index (χ0) is 22.9. The van der Waals surface area contributed by atoms with Gasteiger partial charge in [-0.1, -0.05) is 24.3 Å². The summed E-state index contributed by atoms with van der Waals surface area (Å²) in [6, 6.07) is 10.5. The molecule has 4 rings (SSSR count). The number of carbonyl (C=O) groups is 1. The van der Waals surface area contributed by atoms with E-state index in [2.05, 4.69) is 15.6 Å². The van der Waals surface area contributed by atoms with Gasteiger partial charge in [-0.2, -0.15) is 13.2 Å². The number of benzene rings is 2. The molecule has 0 spiro atoms. The molecule has 1 aliphatic heterocycles. The molecule has 0 fully saturated rings. The lowest BCUT2D eigenvalue weighted by atomic mass is 10.0. The Hall–Kier alpha value is -4.09. The first kappa shape index (κ1) is 21.2. The minimum absolute atomic E-state index is 0.0905. The van der Waals surface area contributed by atoms with E-state index < -0.39 is 28.7 Å². The Morgan fingerprint density at radius 1 is 1.19 bits per heavy atom. The van der Waals surface area contributed by atoms with Crippen LogP contribution in [0.15, 0.2) is 54.7 Å². The number of imidazole rings is 1. The molecule has 32 heavy (non-hydrogen) atoms. The summed E-state index contributed by atoms with van der Waals surface area (Å²) in [4.78, 5) is 26.3. The van der Waals surface area contributed by atoms with E-state index in [-0.39, 0.29) is 25.0 Å². The number of halogens is 3. The Labute approximate surface area is 179 Å². The maximum absolute atomic E-state index is 12.7. The van der Waals surface area contributed by atoms with Crippen molar-refractivity contribution >= 4 is 17.5 Å². The molecule has 0 saturated heterocycles. The molecule has 3 aromatic rings. The van der Waals surface area contributed by atoms with Crippen molar-refractivity contribution in [2.45, 2.75) is 18.8 Å². The number of urea groups is 1. The van der Waals surface area contributed by atoms with E-state index in [1.165, 1.54) is 22.9 Å². The number of fused-ring (bicyclic) bond motifs is 1. The Bertz CT molecular complexity index is 1160. The van der Waals surface area contributed by atoms with Crippen LogP contribution in [0.25, 0.3) is 11.1 Å². The van der Waals surface area contributed by atoms with Crippen LogP contribution in [0.2, 0.25) is 0 Å². The summed E-state index contributed by atoms with van der Waals surface area (Å²) < 4.78 is 45.0. The van der Waals surface area contributed by atoms with E-state index in [1.54, 1.807) is 24.3 Å². The fraction of sp³-hybridized carbons (Fsp3) is 0.200. The fourth-order valence-corrected chi connectivity index (χ4v) is 3.25. The number of alkyl halides is 3. The van der Waals surface area contributed by atoms with Gasteiger partial charge >= 0.3 is 24.0 Å². The quantitative estimate of drug-likeness (QED) is 0.463. The Kier molecular flexibility index (Phi) is 5.43. The average molecular weight is 447 g/mol. The van der Waals surface area contributed by atoms with E-state index in [0.717, 1.165) is 12.1 Å². The van der Waals surface area contributed by atoms with Crippen molar-refractivity contribution in [3.05, 3.63) is 70.4 Å². The lowest BCUT2D eigenvalue weighted by Crippen LogP contribution is -2.46. The molecule has 0 bridgehead atoms. The summed E-state index contributed by atoms with van der Waals surface area (Å²) in [6.07, 6.45) is -3.18. The van der Waals surface area contributed by atoms with Gasteiger partial charge in [0, 0.05) is 10.7 Å². The minimum atomic E-state index is -4.41. The van der Waals surface area contributed by atoms with Gasteiger partial charge in [0.25, 0.3) is 0 Å². The molecule has 0 unspecified atom stereocenters. The molecular weight excluding hydrogens is 431 g/mol. The first-order valence-corrected chi connectivity index (χ1v) is 9.38. The molecule has 0 saturated carbocycles. The standard InChI is InChI=1S/C20H16F3N5O4/c21-20(22,23)14-6-4-12(5-7-14)13-2-1-3-15(8-13)24-18(29)25-16-9-27-10-17(28(30)31)26-19(27)32-11-16/h1-8,10,16H,9,11H2,(H2,24,25,29)/t16-/m0/s1. The van der Waals surface area contributed by atoms with Crippen LogP contribution in [0.1, 0.15) is 5.56 Å². The molecule has 2 aromatic carbocycles. The highest BCUT2D eigenvalue weighted by Gasteiger charge is 2.30. The number of nitrogens with one attached hydrogen (secondary N) is 2. The number of rotatable bonds is 4. The predicted octanol–water partition coefficient (Wildman–Crippen LogP) is 4.06. The van der Waals surface area contributed by atoms with Crippen LogP contribution in [-0.4, -0.2) is 33.2 Å². The Balaban J connectivity index is 1.39. The third kappa shape index (κ3) is 4.63. The van der Waals surface area contributed by atoms with E-state index in [9.17, 15) is 28.1 Å². The van der Waals surface area contributed by atoms with Gasteiger partial charge < -0.3 is 25.5 Å². The van der Waals surface area contributed by atoms with Crippen LogP contribution >= 0.6 is 0 Å². The summed E-state index contributed by atoms with van der Waals surface area (Å²) >= 11 is 0. The van der Waals surface area contributed by atoms with Gasteiger partial charge in [-0.05, 0) is 40.3 Å². The molecule has 2 amide bonds. The van der Waals surface area contributed by atoms with Crippen molar-refractivity contribution in [3.8, 4) is 17.1 Å². The maximum Gasteiger partial charge on any atom is 0.416 e. The highest BCUT2D eigenvalue weighted by Crippen LogP contribution is 2.31. The smallest absolute Gasteiger partial charge is 0.416 e. The first-order chi connectivity index (χ1) is 15.2. The second kappa shape index (κ2) is 8.21. The predicted molar refractivity (Wildman–Crippen MR) is 107 cm³/mol. The van der Waals surface area contributed by atoms with Crippen molar-refractivity contribution in [2.24, 2.45) is 0 Å². The molecule has 1 aliphatic rings. The molecule has 12 heteroatoms. The van der Waals surface area contributed by atoms with Crippen molar-refractivity contribution < 1.29 is 27.6 Å². The van der Waals surface area contributed by atoms with Crippen molar-refractivity contribution in [1.29, 1.82) is 0 Å². The molecule has 1 atom stereocenters. The maximum atomic E-state index is 12.7. The first-order valence-electron chi connectivity index (χ1n) is 9.38. The molecule has 2 N–H and O–H groups in total. The highest BCUT2D eigenvalue weighted by molar-refractivity contribution is 5.90. The number of hydrogen-bond donors (Lipinski definition) is 2. The largest absolute Gasteiger partial charge is 0.444 e. The molecule has 0 aliphatic carbocycles. The van der Waals surface area contributed by atoms with E-state index in [4.69, 9.17) is 4.74 Å². The summed E-state index contributed by atoms with van der Waals surface area (Å²) in [5.74, 6) is -0.342. The number of ether oxygens (including phenoxy) is 1. The van der Waals surface area contributed by atoms with Crippen LogP contribution in [0.5, 0.6) is 6.01 Å². The average Bonchev–Trinajstić information content (AvgIpc) is 3.17. The van der Waals surface area contributed by atoms with Crippen LogP contribution in [0.4, 0.5) is 29.5 Å². The number of nitrogens with zero attached hydrogens (tertiary/aromatic N) is 3. The van der Waals surface area contributed by atoms with E-state index in [0.29, 0.717) is 16.8 Å². The molecule has 2 heterocycles. The summed E-state index contributed by atoms with van der Waals surface area (Å²) in [5.41, 5.74) is 0.899. The van der Waals surface area contributed by atoms with Gasteiger partial charge in [-0.3, -0.25) is 4.57 Å². The Morgan fingerprint density at radius 2 is 1.94 bits per heavy atom. The normalized spacial score (nSPS) is 15.4. The number of carbonyl (C=O) groups excluding carboxylic acids is 1. The third-order valence-corrected chi connectivity index (χ3v) is 4.75. The SMILES string of the molecule is O=C(Nc1cccc(-c2ccc(C(F)(F)F)cc2)c1)N[C@@H]1COc2nc([N+](=O)[O-])cn2C1. The number of amides is 2. The molecule has 166 valence electrons.